The zero-order valence-corrected chi connectivity index (χ0v) is 18.6. The van der Waals surface area contributed by atoms with Crippen molar-refractivity contribution in [2.75, 3.05) is 11.5 Å². The van der Waals surface area contributed by atoms with Crippen LogP contribution in [-0.4, -0.2) is 21.3 Å². The van der Waals surface area contributed by atoms with Crippen molar-refractivity contribution in [1.29, 1.82) is 0 Å². The van der Waals surface area contributed by atoms with Crippen molar-refractivity contribution in [3.63, 3.8) is 0 Å². The van der Waals surface area contributed by atoms with Crippen molar-refractivity contribution >= 4 is 23.0 Å². The molecule has 2 aromatic heterocycles. The molecule has 0 radical (unpaired) electrons. The molecule has 5 rings (SSSR count). The number of nitrogens with zero attached hydrogens (tertiary/aromatic N) is 3. The molecule has 1 N–H and O–H groups in total. The third-order valence-corrected chi connectivity index (χ3v) is 5.96. The van der Waals surface area contributed by atoms with E-state index in [0.717, 1.165) is 28.5 Å². The Morgan fingerprint density at radius 3 is 2.41 bits per heavy atom. The lowest BCUT2D eigenvalue weighted by molar-refractivity contribution is 0.340. The number of aromatic nitrogens is 2. The van der Waals surface area contributed by atoms with Crippen LogP contribution in [0.2, 0.25) is 0 Å². The lowest BCUT2D eigenvalue weighted by Gasteiger charge is -2.29. The van der Waals surface area contributed by atoms with Gasteiger partial charge in [-0.25, -0.2) is 0 Å². The Balaban J connectivity index is 1.62. The predicted octanol–water partition coefficient (Wildman–Crippen LogP) is 5.45. The first kappa shape index (κ1) is 20.3. The van der Waals surface area contributed by atoms with Crippen LogP contribution in [0.3, 0.4) is 0 Å². The van der Waals surface area contributed by atoms with Gasteiger partial charge in [0.05, 0.1) is 18.3 Å². The van der Waals surface area contributed by atoms with Gasteiger partial charge in [-0.1, -0.05) is 24.3 Å². The van der Waals surface area contributed by atoms with E-state index < -0.39 is 0 Å². The summed E-state index contributed by atoms with van der Waals surface area (Å²) in [6.45, 7) is 2.62. The summed E-state index contributed by atoms with van der Waals surface area (Å²) in [5, 5.41) is 4.20. The van der Waals surface area contributed by atoms with E-state index in [1.807, 2.05) is 49.5 Å². The molecule has 4 aromatic rings. The molecule has 160 valence electrons. The van der Waals surface area contributed by atoms with Gasteiger partial charge in [0.15, 0.2) is 5.11 Å². The number of rotatable bonds is 6. The number of hydrogen-bond donors (Lipinski definition) is 1. The Bertz CT molecular complexity index is 1190. The van der Waals surface area contributed by atoms with Gasteiger partial charge in [0, 0.05) is 29.5 Å². The highest BCUT2D eigenvalue weighted by Crippen LogP contribution is 2.42. The smallest absolute Gasteiger partial charge is 0.174 e. The van der Waals surface area contributed by atoms with Gasteiger partial charge >= 0.3 is 0 Å². The summed E-state index contributed by atoms with van der Waals surface area (Å²) in [5.41, 5.74) is 4.20. The minimum Gasteiger partial charge on any atom is -0.494 e. The Morgan fingerprint density at radius 1 is 0.906 bits per heavy atom. The average Bonchev–Trinajstić information content (AvgIpc) is 3.45. The Hall–Kier alpha value is -3.64. The van der Waals surface area contributed by atoms with Gasteiger partial charge in [-0.15, -0.1) is 0 Å². The number of pyridine rings is 1. The maximum absolute atomic E-state index is 5.84. The largest absolute Gasteiger partial charge is 0.494 e. The highest BCUT2D eigenvalue weighted by molar-refractivity contribution is 7.80. The molecule has 0 aliphatic carbocycles. The number of benzene rings is 2. The third kappa shape index (κ3) is 3.74. The van der Waals surface area contributed by atoms with Gasteiger partial charge in [-0.3, -0.25) is 4.98 Å². The van der Waals surface area contributed by atoms with E-state index in [2.05, 4.69) is 74.5 Å². The Kier molecular flexibility index (Phi) is 5.60. The molecule has 6 heteroatoms. The van der Waals surface area contributed by atoms with Crippen LogP contribution in [0, 0.1) is 0 Å². The number of hydrogen-bond acceptors (Lipinski definition) is 3. The second-order valence-electron chi connectivity index (χ2n) is 7.56. The summed E-state index contributed by atoms with van der Waals surface area (Å²) in [5.74, 6) is 0.847. The fourth-order valence-corrected chi connectivity index (χ4v) is 4.61. The zero-order chi connectivity index (χ0) is 21.9. The van der Waals surface area contributed by atoms with Crippen LogP contribution in [0.1, 0.15) is 30.4 Å². The van der Waals surface area contributed by atoms with Gasteiger partial charge in [0.25, 0.3) is 0 Å². The number of para-hydroxylation sites is 1. The fraction of sp³-hybridized carbons (Fsp3) is 0.154. The van der Waals surface area contributed by atoms with Crippen LogP contribution < -0.4 is 15.0 Å². The summed E-state index contributed by atoms with van der Waals surface area (Å²) in [4.78, 5) is 6.83. The number of thiocarbonyl (C=S) groups is 1. The lowest BCUT2D eigenvalue weighted by Crippen LogP contribution is -2.30. The standard InChI is InChI=1S/C26H24N4OS/c1-2-31-21-15-13-20(14-16-21)30-25(24(28-26(30)32)22-11-6-7-17-27-22)23-12-8-18-29(23)19-9-4-3-5-10-19/h3-18,24-25H,2H2,1H3,(H,28,32)/t24-,25+/m1/s1. The summed E-state index contributed by atoms with van der Waals surface area (Å²) in [6, 6.07) is 28.5. The number of ether oxygens (including phenoxy) is 1. The van der Waals surface area contributed by atoms with Crippen LogP contribution in [0.25, 0.3) is 5.69 Å². The quantitative estimate of drug-likeness (QED) is 0.404. The topological polar surface area (TPSA) is 42.3 Å². The van der Waals surface area contributed by atoms with Crippen molar-refractivity contribution in [3.05, 3.63) is 109 Å². The van der Waals surface area contributed by atoms with E-state index in [-0.39, 0.29) is 12.1 Å². The molecule has 32 heavy (non-hydrogen) atoms. The SMILES string of the molecule is CCOc1ccc(N2C(=S)N[C@H](c3ccccn3)[C@@H]2c2cccn2-c2ccccc2)cc1. The van der Waals surface area contributed by atoms with Gasteiger partial charge in [-0.05, 0) is 79.8 Å². The molecule has 1 saturated heterocycles. The van der Waals surface area contributed by atoms with Crippen molar-refractivity contribution < 1.29 is 4.74 Å². The van der Waals surface area contributed by atoms with E-state index in [0.29, 0.717) is 11.7 Å². The summed E-state index contributed by atoms with van der Waals surface area (Å²) >= 11 is 5.84. The maximum atomic E-state index is 5.84. The van der Waals surface area contributed by atoms with E-state index in [1.165, 1.54) is 0 Å². The molecule has 3 heterocycles. The molecule has 0 bridgehead atoms. The van der Waals surface area contributed by atoms with E-state index >= 15 is 0 Å². The van der Waals surface area contributed by atoms with Crippen molar-refractivity contribution in [2.24, 2.45) is 0 Å². The van der Waals surface area contributed by atoms with Crippen molar-refractivity contribution in [3.8, 4) is 11.4 Å². The van der Waals surface area contributed by atoms with Gasteiger partial charge in [0.2, 0.25) is 0 Å². The minimum atomic E-state index is -0.0902. The maximum Gasteiger partial charge on any atom is 0.174 e. The summed E-state index contributed by atoms with van der Waals surface area (Å²) in [7, 11) is 0. The molecule has 2 aromatic carbocycles. The van der Waals surface area contributed by atoms with E-state index in [1.54, 1.807) is 0 Å². The lowest BCUT2D eigenvalue weighted by atomic mass is 10.0. The van der Waals surface area contributed by atoms with Crippen LogP contribution in [0.15, 0.2) is 97.3 Å². The van der Waals surface area contributed by atoms with Crippen molar-refractivity contribution in [2.45, 2.75) is 19.0 Å². The van der Waals surface area contributed by atoms with Gasteiger partial charge < -0.3 is 19.5 Å². The van der Waals surface area contributed by atoms with Crippen molar-refractivity contribution in [1.82, 2.24) is 14.9 Å². The first-order valence-electron chi connectivity index (χ1n) is 10.7. The summed E-state index contributed by atoms with van der Waals surface area (Å²) in [6.07, 6.45) is 3.92. The van der Waals surface area contributed by atoms with Crippen LogP contribution in [0.5, 0.6) is 5.75 Å². The van der Waals surface area contributed by atoms with Crippen LogP contribution >= 0.6 is 12.2 Å². The number of nitrogens with one attached hydrogen (secondary N) is 1. The fourth-order valence-electron chi connectivity index (χ4n) is 4.26. The first-order valence-corrected chi connectivity index (χ1v) is 11.1. The van der Waals surface area contributed by atoms with Gasteiger partial charge in [-0.2, -0.15) is 0 Å². The van der Waals surface area contributed by atoms with Gasteiger partial charge in [0.1, 0.15) is 11.8 Å². The minimum absolute atomic E-state index is 0.0782. The molecule has 2 atom stereocenters. The second kappa shape index (κ2) is 8.85. The molecule has 0 amide bonds. The molecule has 0 saturated carbocycles. The van der Waals surface area contributed by atoms with E-state index in [9.17, 15) is 0 Å². The average molecular weight is 441 g/mol. The third-order valence-electron chi connectivity index (χ3n) is 5.64. The second-order valence-corrected chi connectivity index (χ2v) is 7.95. The highest BCUT2D eigenvalue weighted by Gasteiger charge is 2.42. The highest BCUT2D eigenvalue weighted by atomic mass is 32.1. The number of anilines is 1. The molecular formula is C26H24N4OS. The van der Waals surface area contributed by atoms with Crippen LogP contribution in [0.4, 0.5) is 5.69 Å². The molecule has 1 aliphatic rings. The van der Waals surface area contributed by atoms with Crippen LogP contribution in [-0.2, 0) is 0 Å². The molecule has 0 spiro atoms. The Labute approximate surface area is 193 Å². The monoisotopic (exact) mass is 440 g/mol. The normalized spacial score (nSPS) is 17.9. The molecule has 5 nitrogen and oxygen atoms in total. The molecule has 0 unspecified atom stereocenters. The van der Waals surface area contributed by atoms with E-state index in [4.69, 9.17) is 17.0 Å². The summed E-state index contributed by atoms with van der Waals surface area (Å²) < 4.78 is 7.86. The molecule has 1 fully saturated rings. The molecule has 1 aliphatic heterocycles. The Morgan fingerprint density at radius 2 is 1.69 bits per heavy atom. The predicted molar refractivity (Wildman–Crippen MR) is 131 cm³/mol. The zero-order valence-electron chi connectivity index (χ0n) is 17.8. The first-order chi connectivity index (χ1) is 15.8. The molecular weight excluding hydrogens is 416 g/mol.